The molecular formula is C54H54O2. The minimum absolute atomic E-state index is 0.0130. The van der Waals surface area contributed by atoms with Gasteiger partial charge in [-0.15, -0.1) is 0 Å². The Kier molecular flexibility index (Phi) is 8.98. The van der Waals surface area contributed by atoms with Gasteiger partial charge in [-0.1, -0.05) is 109 Å². The summed E-state index contributed by atoms with van der Waals surface area (Å²) < 4.78 is 13.2. The van der Waals surface area contributed by atoms with Crippen LogP contribution in [0.5, 0.6) is 0 Å². The van der Waals surface area contributed by atoms with Crippen molar-refractivity contribution in [1.82, 2.24) is 0 Å². The number of hydrogen-bond donors (Lipinski definition) is 0. The summed E-state index contributed by atoms with van der Waals surface area (Å²) >= 11 is 0. The molecule has 10 aliphatic rings. The third-order valence-corrected chi connectivity index (χ3v) is 14.5. The lowest BCUT2D eigenvalue weighted by Crippen LogP contribution is -2.34. The highest BCUT2D eigenvalue weighted by Gasteiger charge is 2.40. The summed E-state index contributed by atoms with van der Waals surface area (Å²) in [5.74, 6) is 4.94. The van der Waals surface area contributed by atoms with Crippen LogP contribution in [-0.4, -0.2) is 6.10 Å². The highest BCUT2D eigenvalue weighted by molar-refractivity contribution is 5.61. The van der Waals surface area contributed by atoms with Crippen molar-refractivity contribution in [2.75, 3.05) is 0 Å². The second-order valence-corrected chi connectivity index (χ2v) is 17.8. The van der Waals surface area contributed by atoms with E-state index in [1.165, 1.54) is 77.2 Å². The van der Waals surface area contributed by atoms with Crippen LogP contribution in [0.2, 0.25) is 0 Å². The molecule has 1 aromatic heterocycles. The lowest BCUT2D eigenvalue weighted by molar-refractivity contribution is 0.189. The van der Waals surface area contributed by atoms with Crippen molar-refractivity contribution in [3.8, 4) is 0 Å². The molecule has 0 amide bonds. The van der Waals surface area contributed by atoms with Crippen LogP contribution >= 0.6 is 0 Å². The van der Waals surface area contributed by atoms with E-state index in [-0.39, 0.29) is 12.0 Å². The highest BCUT2D eigenvalue weighted by atomic mass is 16.5. The van der Waals surface area contributed by atoms with Crippen molar-refractivity contribution in [2.24, 2.45) is 35.5 Å². The minimum atomic E-state index is 0.0130. The van der Waals surface area contributed by atoms with Crippen LogP contribution < -0.4 is 10.6 Å². The van der Waals surface area contributed by atoms with Crippen LogP contribution in [0.15, 0.2) is 164 Å². The zero-order chi connectivity index (χ0) is 37.0. The van der Waals surface area contributed by atoms with E-state index < -0.39 is 0 Å². The maximum Gasteiger partial charge on any atom is 0.134 e. The Bertz CT molecular complexity index is 2410. The molecule has 56 heavy (non-hydrogen) atoms. The summed E-state index contributed by atoms with van der Waals surface area (Å²) in [6.45, 7) is 0. The third kappa shape index (κ3) is 6.44. The Hall–Kier alpha value is -4.82. The van der Waals surface area contributed by atoms with Gasteiger partial charge in [-0.2, -0.15) is 0 Å². The lowest BCUT2D eigenvalue weighted by Gasteiger charge is -2.31. The summed E-state index contributed by atoms with van der Waals surface area (Å²) in [6.07, 6.45) is 65.4. The van der Waals surface area contributed by atoms with Crippen molar-refractivity contribution in [3.63, 3.8) is 0 Å². The predicted molar refractivity (Wildman–Crippen MR) is 230 cm³/mol. The molecule has 0 fully saturated rings. The van der Waals surface area contributed by atoms with Gasteiger partial charge >= 0.3 is 0 Å². The van der Waals surface area contributed by atoms with Gasteiger partial charge in [0.1, 0.15) is 23.0 Å². The molecule has 0 aromatic carbocycles. The van der Waals surface area contributed by atoms with Crippen LogP contribution in [-0.2, 0) is 11.2 Å². The first-order valence-electron chi connectivity index (χ1n) is 21.9. The van der Waals surface area contributed by atoms with Gasteiger partial charge < -0.3 is 9.15 Å². The largest absolute Gasteiger partial charge is 0.485 e. The molecule has 0 saturated carbocycles. The number of rotatable bonds is 6. The summed E-state index contributed by atoms with van der Waals surface area (Å²) in [6, 6.07) is 0. The van der Waals surface area contributed by atoms with Gasteiger partial charge in [-0.25, -0.2) is 0 Å². The Labute approximate surface area is 332 Å². The molecule has 9 aliphatic carbocycles. The molecule has 2 heteroatoms. The number of allylic oxidation sites excluding steroid dienone is 25. The second-order valence-electron chi connectivity index (χ2n) is 17.8. The average molecular weight is 735 g/mol. The molecule has 0 radical (unpaired) electrons. The summed E-state index contributed by atoms with van der Waals surface area (Å²) in [4.78, 5) is 0. The third-order valence-electron chi connectivity index (χ3n) is 14.5. The van der Waals surface area contributed by atoms with E-state index in [9.17, 15) is 0 Å². The van der Waals surface area contributed by atoms with E-state index in [4.69, 9.17) is 9.15 Å². The quantitative estimate of drug-likeness (QED) is 0.290. The molecule has 0 saturated heterocycles. The highest BCUT2D eigenvalue weighted by Crippen LogP contribution is 2.46. The summed E-state index contributed by atoms with van der Waals surface area (Å²) in [5.41, 5.74) is 14.6. The number of fused-ring (bicyclic) bond motifs is 5. The van der Waals surface area contributed by atoms with Crippen molar-refractivity contribution in [3.05, 3.63) is 182 Å². The van der Waals surface area contributed by atoms with Gasteiger partial charge in [0.15, 0.2) is 0 Å². The normalized spacial score (nSPS) is 32.6. The fraction of sp³-hybridized carbons (Fsp3) is 0.370. The predicted octanol–water partition coefficient (Wildman–Crippen LogP) is 11.8. The van der Waals surface area contributed by atoms with E-state index in [0.29, 0.717) is 29.6 Å². The molecule has 2 heterocycles. The first-order valence-corrected chi connectivity index (χ1v) is 21.9. The standard InChI is InChI=1S/C54H54O2/c1-3-11-35(12-4-1)37-15-7-17-39(27-37)41-19-9-21-43(29-41)45-23-25-51-47(31-45)49-33-50-48-32-46(24-26-52(48)56-54(50)34-53(49)55-51)44-22-10-20-42(30-44)40-18-8-16-38(28-40)36-13-5-2-6-14-36/h1,3-4,7,9,11,13,15-17,19,21-26,28,30,33-35,37,43,45-46,49,53H,2,5-6,8,10,12,14,18,20,27,29,31-32H2. The molecule has 0 N–H and O–H groups in total. The number of hydrogen-bond acceptors (Lipinski definition) is 2. The number of furan rings is 1. The molecular weight excluding hydrogens is 681 g/mol. The van der Waals surface area contributed by atoms with E-state index in [0.717, 1.165) is 61.9 Å². The molecule has 282 valence electrons. The van der Waals surface area contributed by atoms with Gasteiger partial charge in [-0.05, 0) is 164 Å². The van der Waals surface area contributed by atoms with Crippen molar-refractivity contribution in [1.29, 1.82) is 0 Å². The first kappa shape index (κ1) is 34.4. The van der Waals surface area contributed by atoms with Crippen LogP contribution in [0.1, 0.15) is 88.4 Å². The van der Waals surface area contributed by atoms with E-state index in [2.05, 4.69) is 128 Å². The molecule has 1 aliphatic heterocycles. The fourth-order valence-electron chi connectivity index (χ4n) is 11.3. The molecule has 2 nitrogen and oxygen atoms in total. The van der Waals surface area contributed by atoms with Gasteiger partial charge in [-0.3, -0.25) is 0 Å². The smallest absolute Gasteiger partial charge is 0.134 e. The van der Waals surface area contributed by atoms with Crippen molar-refractivity contribution >= 4 is 18.2 Å². The van der Waals surface area contributed by atoms with Gasteiger partial charge in [0.25, 0.3) is 0 Å². The van der Waals surface area contributed by atoms with Crippen molar-refractivity contribution < 1.29 is 9.15 Å². The molecule has 1 aromatic rings. The SMILES string of the molecule is C1=CCC(C2C=CC=C(C3=CC=CC(C4C=CC5=C(C4)C4C=c6c7c(oc6=CC4O5)C=CC(C4=CCCC(C5=CC(C6=CCCCC6)=CCC5)=C4)C7)C3)C2)C=C1. The fourth-order valence-corrected chi connectivity index (χ4v) is 11.3. The monoisotopic (exact) mass is 734 g/mol. The molecule has 0 bridgehead atoms. The van der Waals surface area contributed by atoms with Crippen LogP contribution in [0, 0.1) is 35.5 Å². The van der Waals surface area contributed by atoms with E-state index in [1.807, 2.05) is 0 Å². The van der Waals surface area contributed by atoms with Gasteiger partial charge in [0.05, 0.1) is 0 Å². The number of ether oxygens (including phenoxy) is 1. The van der Waals surface area contributed by atoms with Gasteiger partial charge in [0, 0.05) is 28.7 Å². The molecule has 7 atom stereocenters. The molecule has 7 unspecified atom stereocenters. The van der Waals surface area contributed by atoms with Crippen molar-refractivity contribution in [2.45, 2.75) is 89.6 Å². The van der Waals surface area contributed by atoms with Crippen LogP contribution in [0.25, 0.3) is 18.2 Å². The van der Waals surface area contributed by atoms with E-state index >= 15 is 0 Å². The summed E-state index contributed by atoms with van der Waals surface area (Å²) in [5, 5.41) is 1.31. The van der Waals surface area contributed by atoms with Crippen LogP contribution in [0.3, 0.4) is 0 Å². The zero-order valence-electron chi connectivity index (χ0n) is 32.7. The lowest BCUT2D eigenvalue weighted by atomic mass is 9.72. The topological polar surface area (TPSA) is 22.4 Å². The zero-order valence-corrected chi connectivity index (χ0v) is 32.7. The average Bonchev–Trinajstić information content (AvgIpc) is 3.82. The minimum Gasteiger partial charge on any atom is -0.485 e. The maximum atomic E-state index is 6.65. The molecule has 11 rings (SSSR count). The Morgan fingerprint density at radius 2 is 1.39 bits per heavy atom. The Morgan fingerprint density at radius 1 is 0.589 bits per heavy atom. The molecule has 0 spiro atoms. The first-order chi connectivity index (χ1) is 27.7. The summed E-state index contributed by atoms with van der Waals surface area (Å²) in [7, 11) is 0. The maximum absolute atomic E-state index is 6.65. The Morgan fingerprint density at radius 3 is 2.21 bits per heavy atom. The van der Waals surface area contributed by atoms with E-state index in [1.54, 1.807) is 16.7 Å². The Balaban J connectivity index is 0.791. The van der Waals surface area contributed by atoms with Gasteiger partial charge in [0.2, 0.25) is 0 Å². The van der Waals surface area contributed by atoms with Crippen LogP contribution in [0.4, 0.5) is 0 Å². The second kappa shape index (κ2) is 14.6.